The Kier molecular flexibility index (Phi) is 10.1. The minimum Gasteiger partial charge on any atom is -0.375 e. The third-order valence-corrected chi connectivity index (χ3v) is 3.80. The largest absolute Gasteiger partial charge is 0.375 e. The molecular formula is C19H24F2IN3O. The van der Waals surface area contributed by atoms with Gasteiger partial charge in [0.2, 0.25) is 0 Å². The van der Waals surface area contributed by atoms with E-state index >= 15 is 0 Å². The molecule has 1 atom stereocenters. The number of halogens is 3. The summed E-state index contributed by atoms with van der Waals surface area (Å²) in [5, 5.41) is 6.36. The van der Waals surface area contributed by atoms with Crippen LogP contribution in [0.3, 0.4) is 0 Å². The van der Waals surface area contributed by atoms with E-state index in [0.29, 0.717) is 25.5 Å². The van der Waals surface area contributed by atoms with Crippen LogP contribution in [-0.4, -0.2) is 33.2 Å². The normalized spacial score (nSPS) is 12.2. The number of ether oxygens (including phenoxy) is 1. The molecule has 0 bridgehead atoms. The maximum atomic E-state index is 13.2. The number of guanidine groups is 1. The second kappa shape index (κ2) is 11.8. The van der Waals surface area contributed by atoms with Crippen molar-refractivity contribution >= 4 is 29.9 Å². The lowest BCUT2D eigenvalue weighted by molar-refractivity contribution is 0.106. The monoisotopic (exact) mass is 475 g/mol. The Balaban J connectivity index is 0.00000338. The summed E-state index contributed by atoms with van der Waals surface area (Å²) in [6, 6.07) is 12.8. The zero-order chi connectivity index (χ0) is 18.1. The third kappa shape index (κ3) is 7.25. The van der Waals surface area contributed by atoms with Crippen LogP contribution < -0.4 is 10.6 Å². The van der Waals surface area contributed by atoms with Crippen molar-refractivity contribution in [3.63, 3.8) is 0 Å². The zero-order valence-corrected chi connectivity index (χ0v) is 17.2. The minimum atomic E-state index is -0.276. The number of nitrogens with one attached hydrogen (secondary N) is 2. The molecule has 1 unspecified atom stereocenters. The molecule has 0 amide bonds. The van der Waals surface area contributed by atoms with E-state index in [2.05, 4.69) is 15.6 Å². The van der Waals surface area contributed by atoms with E-state index in [1.54, 1.807) is 32.4 Å². The zero-order valence-electron chi connectivity index (χ0n) is 14.8. The Morgan fingerprint density at radius 2 is 1.81 bits per heavy atom. The molecule has 0 aliphatic carbocycles. The van der Waals surface area contributed by atoms with Gasteiger partial charge in [0.15, 0.2) is 5.96 Å². The van der Waals surface area contributed by atoms with Crippen LogP contribution in [0.2, 0.25) is 0 Å². The molecule has 2 rings (SSSR count). The summed E-state index contributed by atoms with van der Waals surface area (Å²) in [6.07, 6.45) is 0.465. The molecule has 142 valence electrons. The maximum absolute atomic E-state index is 13.2. The van der Waals surface area contributed by atoms with Crippen LogP contribution in [0, 0.1) is 11.6 Å². The minimum absolute atomic E-state index is 0. The predicted molar refractivity (Wildman–Crippen MR) is 111 cm³/mol. The summed E-state index contributed by atoms with van der Waals surface area (Å²) < 4.78 is 31.6. The molecule has 0 fully saturated rings. The summed E-state index contributed by atoms with van der Waals surface area (Å²) in [5.74, 6) is 0.115. The van der Waals surface area contributed by atoms with Gasteiger partial charge in [-0.1, -0.05) is 24.3 Å². The fourth-order valence-electron chi connectivity index (χ4n) is 2.44. The highest BCUT2D eigenvalue weighted by molar-refractivity contribution is 14.0. The lowest BCUT2D eigenvalue weighted by atomic mass is 10.1. The van der Waals surface area contributed by atoms with Crippen molar-refractivity contribution in [3.8, 4) is 0 Å². The molecule has 26 heavy (non-hydrogen) atoms. The van der Waals surface area contributed by atoms with Gasteiger partial charge in [-0.15, -0.1) is 24.0 Å². The number of aliphatic imine (C=N–C) groups is 1. The number of benzene rings is 2. The Morgan fingerprint density at radius 3 is 2.42 bits per heavy atom. The highest BCUT2D eigenvalue weighted by Crippen LogP contribution is 2.16. The van der Waals surface area contributed by atoms with E-state index < -0.39 is 0 Å². The lowest BCUT2D eigenvalue weighted by Crippen LogP contribution is -2.40. The fraction of sp³-hybridized carbons (Fsp3) is 0.316. The van der Waals surface area contributed by atoms with Crippen molar-refractivity contribution in [3.05, 3.63) is 71.3 Å². The van der Waals surface area contributed by atoms with Gasteiger partial charge in [-0.3, -0.25) is 4.99 Å². The first-order chi connectivity index (χ1) is 12.1. The van der Waals surface area contributed by atoms with Crippen molar-refractivity contribution in [1.82, 2.24) is 10.6 Å². The van der Waals surface area contributed by atoms with Gasteiger partial charge in [0.1, 0.15) is 11.6 Å². The lowest BCUT2D eigenvalue weighted by Gasteiger charge is -2.18. The van der Waals surface area contributed by atoms with Crippen LogP contribution in [-0.2, 0) is 11.2 Å². The summed E-state index contributed by atoms with van der Waals surface area (Å²) in [4.78, 5) is 4.16. The molecule has 0 radical (unpaired) electrons. The predicted octanol–water partition coefficient (Wildman–Crippen LogP) is 3.68. The number of nitrogens with zero attached hydrogens (tertiary/aromatic N) is 1. The molecule has 0 saturated carbocycles. The average Bonchev–Trinajstić information content (AvgIpc) is 2.62. The molecule has 4 nitrogen and oxygen atoms in total. The highest BCUT2D eigenvalue weighted by Gasteiger charge is 2.11. The molecule has 0 aliphatic rings. The van der Waals surface area contributed by atoms with Crippen molar-refractivity contribution in [1.29, 1.82) is 0 Å². The third-order valence-electron chi connectivity index (χ3n) is 3.80. The first-order valence-corrected chi connectivity index (χ1v) is 8.09. The fourth-order valence-corrected chi connectivity index (χ4v) is 2.44. The summed E-state index contributed by atoms with van der Waals surface area (Å²) in [5.41, 5.74) is 1.80. The standard InChI is InChI=1S/C19H23F2N3O.HI/c1-22-19(23-11-10-14-4-3-5-17(21)12-14)24-13-18(25-2)15-6-8-16(20)9-7-15;/h3-9,12,18H,10-11,13H2,1-2H3,(H2,22,23,24);1H. The van der Waals surface area contributed by atoms with E-state index in [0.717, 1.165) is 11.1 Å². The van der Waals surface area contributed by atoms with Crippen LogP contribution in [0.15, 0.2) is 53.5 Å². The molecule has 2 aromatic rings. The van der Waals surface area contributed by atoms with Crippen LogP contribution >= 0.6 is 24.0 Å². The molecule has 2 N–H and O–H groups in total. The molecule has 7 heteroatoms. The van der Waals surface area contributed by atoms with Gasteiger partial charge in [-0.05, 0) is 41.8 Å². The van der Waals surface area contributed by atoms with E-state index in [1.165, 1.54) is 24.3 Å². The van der Waals surface area contributed by atoms with Crippen LogP contribution in [0.5, 0.6) is 0 Å². The quantitative estimate of drug-likeness (QED) is 0.365. The molecule has 0 aromatic heterocycles. The van der Waals surface area contributed by atoms with E-state index in [-0.39, 0.29) is 41.7 Å². The van der Waals surface area contributed by atoms with Gasteiger partial charge in [-0.25, -0.2) is 8.78 Å². The van der Waals surface area contributed by atoms with Crippen LogP contribution in [0.1, 0.15) is 17.2 Å². The molecule has 2 aromatic carbocycles. The summed E-state index contributed by atoms with van der Waals surface area (Å²) in [7, 11) is 3.28. The number of hydrogen-bond acceptors (Lipinski definition) is 2. The molecule has 0 saturated heterocycles. The number of hydrogen-bond donors (Lipinski definition) is 2. The average molecular weight is 475 g/mol. The van der Waals surface area contributed by atoms with Crippen LogP contribution in [0.4, 0.5) is 8.78 Å². The number of methoxy groups -OCH3 is 1. The van der Waals surface area contributed by atoms with Gasteiger partial charge >= 0.3 is 0 Å². The van der Waals surface area contributed by atoms with Crippen molar-refractivity contribution in [2.45, 2.75) is 12.5 Å². The highest BCUT2D eigenvalue weighted by atomic mass is 127. The number of rotatable bonds is 7. The maximum Gasteiger partial charge on any atom is 0.191 e. The Labute approximate surface area is 170 Å². The van der Waals surface area contributed by atoms with Crippen molar-refractivity contribution in [2.24, 2.45) is 4.99 Å². The van der Waals surface area contributed by atoms with Crippen molar-refractivity contribution in [2.75, 3.05) is 27.2 Å². The van der Waals surface area contributed by atoms with Gasteiger partial charge < -0.3 is 15.4 Å². The topological polar surface area (TPSA) is 45.7 Å². The Bertz CT molecular complexity index is 695. The van der Waals surface area contributed by atoms with Gasteiger partial charge in [0.05, 0.1) is 6.10 Å². The summed E-state index contributed by atoms with van der Waals surface area (Å²) >= 11 is 0. The van der Waals surface area contributed by atoms with Crippen molar-refractivity contribution < 1.29 is 13.5 Å². The van der Waals surface area contributed by atoms with E-state index in [1.807, 2.05) is 6.07 Å². The van der Waals surface area contributed by atoms with Crippen LogP contribution in [0.25, 0.3) is 0 Å². The van der Waals surface area contributed by atoms with Gasteiger partial charge in [-0.2, -0.15) is 0 Å². The Hall–Kier alpha value is -1.74. The Morgan fingerprint density at radius 1 is 1.08 bits per heavy atom. The molecule has 0 heterocycles. The molecule has 0 spiro atoms. The first kappa shape index (κ1) is 22.3. The van der Waals surface area contributed by atoms with Gasteiger partial charge in [0, 0.05) is 27.2 Å². The second-order valence-corrected chi connectivity index (χ2v) is 5.54. The van der Waals surface area contributed by atoms with E-state index in [4.69, 9.17) is 4.74 Å². The summed E-state index contributed by atoms with van der Waals surface area (Å²) in [6.45, 7) is 1.11. The molecule has 0 aliphatic heterocycles. The smallest absolute Gasteiger partial charge is 0.191 e. The van der Waals surface area contributed by atoms with Gasteiger partial charge in [0.25, 0.3) is 0 Å². The molecular weight excluding hydrogens is 451 g/mol. The second-order valence-electron chi connectivity index (χ2n) is 5.54. The van der Waals surface area contributed by atoms with E-state index in [9.17, 15) is 8.78 Å². The first-order valence-electron chi connectivity index (χ1n) is 8.09. The SMILES string of the molecule is CN=C(NCCc1cccc(F)c1)NCC(OC)c1ccc(F)cc1.I.